The van der Waals surface area contributed by atoms with Gasteiger partial charge in [0.25, 0.3) is 0 Å². The number of carbonyl (C=O) groups excluding carboxylic acids is 1. The summed E-state index contributed by atoms with van der Waals surface area (Å²) in [6.07, 6.45) is 0.789. The van der Waals surface area contributed by atoms with Crippen LogP contribution in [0.5, 0.6) is 0 Å². The SMILES string of the molecule is CC(C#N)Nc1ccc(C=O)cc1. The average molecular weight is 174 g/mol. The fraction of sp³-hybridized carbons (Fsp3) is 0.200. The van der Waals surface area contributed by atoms with Gasteiger partial charge in [-0.05, 0) is 31.2 Å². The Balaban J connectivity index is 2.70. The van der Waals surface area contributed by atoms with Crippen molar-refractivity contribution >= 4 is 12.0 Å². The van der Waals surface area contributed by atoms with Crippen LogP contribution in [0.25, 0.3) is 0 Å². The Kier molecular flexibility index (Phi) is 3.04. The van der Waals surface area contributed by atoms with E-state index in [-0.39, 0.29) is 6.04 Å². The highest BCUT2D eigenvalue weighted by Gasteiger charge is 1.98. The van der Waals surface area contributed by atoms with E-state index in [0.29, 0.717) is 5.56 Å². The molecular formula is C10H10N2O. The first-order valence-corrected chi connectivity index (χ1v) is 3.97. The van der Waals surface area contributed by atoms with Gasteiger partial charge in [0.05, 0.1) is 6.07 Å². The molecule has 13 heavy (non-hydrogen) atoms. The minimum Gasteiger partial charge on any atom is -0.370 e. The molecular weight excluding hydrogens is 164 g/mol. The first-order valence-electron chi connectivity index (χ1n) is 3.97. The third-order valence-electron chi connectivity index (χ3n) is 1.62. The van der Waals surface area contributed by atoms with Crippen LogP contribution in [0.2, 0.25) is 0 Å². The van der Waals surface area contributed by atoms with Gasteiger partial charge >= 0.3 is 0 Å². The van der Waals surface area contributed by atoms with E-state index in [1.807, 2.05) is 0 Å². The Hall–Kier alpha value is -1.82. The summed E-state index contributed by atoms with van der Waals surface area (Å²) in [4.78, 5) is 10.3. The van der Waals surface area contributed by atoms with Gasteiger partial charge < -0.3 is 5.32 Å². The molecule has 0 amide bonds. The fourth-order valence-corrected chi connectivity index (χ4v) is 0.940. The molecule has 0 saturated carbocycles. The molecule has 1 N–H and O–H groups in total. The molecule has 0 aliphatic heterocycles. The van der Waals surface area contributed by atoms with Crippen molar-refractivity contribution in [2.75, 3.05) is 5.32 Å². The van der Waals surface area contributed by atoms with Gasteiger partial charge in [0.2, 0.25) is 0 Å². The van der Waals surface area contributed by atoms with E-state index in [1.165, 1.54) is 0 Å². The highest BCUT2D eigenvalue weighted by atomic mass is 16.1. The zero-order chi connectivity index (χ0) is 9.68. The number of hydrogen-bond donors (Lipinski definition) is 1. The van der Waals surface area contributed by atoms with Gasteiger partial charge in [0, 0.05) is 11.3 Å². The van der Waals surface area contributed by atoms with Gasteiger partial charge in [-0.2, -0.15) is 5.26 Å². The second-order valence-electron chi connectivity index (χ2n) is 2.73. The maximum absolute atomic E-state index is 10.3. The molecule has 66 valence electrons. The molecule has 1 unspecified atom stereocenters. The van der Waals surface area contributed by atoms with Crippen LogP contribution >= 0.6 is 0 Å². The largest absolute Gasteiger partial charge is 0.370 e. The zero-order valence-corrected chi connectivity index (χ0v) is 7.32. The molecule has 0 saturated heterocycles. The van der Waals surface area contributed by atoms with Crippen LogP contribution in [0.15, 0.2) is 24.3 Å². The van der Waals surface area contributed by atoms with Crippen molar-refractivity contribution in [1.29, 1.82) is 5.26 Å². The first kappa shape index (κ1) is 9.27. The Bertz CT molecular complexity index is 324. The van der Waals surface area contributed by atoms with Crippen LogP contribution < -0.4 is 5.32 Å². The summed E-state index contributed by atoms with van der Waals surface area (Å²) in [6.45, 7) is 1.77. The smallest absolute Gasteiger partial charge is 0.150 e. The lowest BCUT2D eigenvalue weighted by atomic mass is 10.2. The monoisotopic (exact) mass is 174 g/mol. The van der Waals surface area contributed by atoms with Crippen molar-refractivity contribution in [1.82, 2.24) is 0 Å². The highest BCUT2D eigenvalue weighted by molar-refractivity contribution is 5.75. The van der Waals surface area contributed by atoms with Crippen LogP contribution in [0, 0.1) is 11.3 Å². The van der Waals surface area contributed by atoms with Gasteiger partial charge in [0.1, 0.15) is 12.3 Å². The minimum absolute atomic E-state index is 0.220. The Morgan fingerprint density at radius 1 is 1.46 bits per heavy atom. The summed E-state index contributed by atoms with van der Waals surface area (Å²) >= 11 is 0. The molecule has 1 atom stereocenters. The average Bonchev–Trinajstić information content (AvgIpc) is 2.19. The highest BCUT2D eigenvalue weighted by Crippen LogP contribution is 2.08. The molecule has 0 fully saturated rings. The molecule has 3 heteroatoms. The quantitative estimate of drug-likeness (QED) is 0.711. The van der Waals surface area contributed by atoms with Crippen LogP contribution in [-0.4, -0.2) is 12.3 Å². The van der Waals surface area contributed by atoms with E-state index in [2.05, 4.69) is 11.4 Å². The van der Waals surface area contributed by atoms with Crippen molar-refractivity contribution < 1.29 is 4.79 Å². The molecule has 1 aromatic carbocycles. The number of aldehydes is 1. The van der Waals surface area contributed by atoms with Gasteiger partial charge in [0.15, 0.2) is 0 Å². The number of nitriles is 1. The predicted molar refractivity (Wildman–Crippen MR) is 50.5 cm³/mol. The minimum atomic E-state index is -0.220. The maximum atomic E-state index is 10.3. The molecule has 0 aromatic heterocycles. The van der Waals surface area contributed by atoms with E-state index >= 15 is 0 Å². The van der Waals surface area contributed by atoms with Crippen LogP contribution in [0.1, 0.15) is 17.3 Å². The standard InChI is InChI=1S/C10H10N2O/c1-8(6-11)12-10-4-2-9(7-13)3-5-10/h2-5,7-8,12H,1H3. The molecule has 1 aromatic rings. The summed E-state index contributed by atoms with van der Waals surface area (Å²) in [5.41, 5.74) is 1.48. The molecule has 1 rings (SSSR count). The molecule has 0 aliphatic carbocycles. The van der Waals surface area contributed by atoms with E-state index < -0.39 is 0 Å². The maximum Gasteiger partial charge on any atom is 0.150 e. The van der Waals surface area contributed by atoms with Gasteiger partial charge in [-0.1, -0.05) is 0 Å². The van der Waals surface area contributed by atoms with Crippen molar-refractivity contribution in [3.63, 3.8) is 0 Å². The van der Waals surface area contributed by atoms with Crippen molar-refractivity contribution in [2.45, 2.75) is 13.0 Å². The van der Waals surface area contributed by atoms with Gasteiger partial charge in [-0.25, -0.2) is 0 Å². The third kappa shape index (κ3) is 2.60. The fourth-order valence-electron chi connectivity index (χ4n) is 0.940. The van der Waals surface area contributed by atoms with Crippen molar-refractivity contribution in [2.24, 2.45) is 0 Å². The van der Waals surface area contributed by atoms with Gasteiger partial charge in [-0.3, -0.25) is 4.79 Å². The second-order valence-corrected chi connectivity index (χ2v) is 2.73. The van der Waals surface area contributed by atoms with Crippen molar-refractivity contribution in [3.8, 4) is 6.07 Å². The Morgan fingerprint density at radius 2 is 2.08 bits per heavy atom. The number of hydrogen-bond acceptors (Lipinski definition) is 3. The first-order chi connectivity index (χ1) is 6.26. The van der Waals surface area contributed by atoms with Crippen molar-refractivity contribution in [3.05, 3.63) is 29.8 Å². The zero-order valence-electron chi connectivity index (χ0n) is 7.32. The summed E-state index contributed by atoms with van der Waals surface area (Å²) in [5.74, 6) is 0. The molecule has 0 radical (unpaired) electrons. The summed E-state index contributed by atoms with van der Waals surface area (Å²) in [6, 6.07) is 8.81. The topological polar surface area (TPSA) is 52.9 Å². The normalized spacial score (nSPS) is 11.4. The van der Waals surface area contributed by atoms with Crippen LogP contribution in [0.4, 0.5) is 5.69 Å². The number of rotatable bonds is 3. The number of benzene rings is 1. The molecule has 0 heterocycles. The lowest BCUT2D eigenvalue weighted by Gasteiger charge is -2.06. The lowest BCUT2D eigenvalue weighted by molar-refractivity contribution is 0.112. The second kappa shape index (κ2) is 4.27. The molecule has 0 bridgehead atoms. The Labute approximate surface area is 77.0 Å². The summed E-state index contributed by atoms with van der Waals surface area (Å²) < 4.78 is 0. The van der Waals surface area contributed by atoms with Gasteiger partial charge in [-0.15, -0.1) is 0 Å². The number of carbonyl (C=O) groups is 1. The van der Waals surface area contributed by atoms with E-state index in [9.17, 15) is 4.79 Å². The van der Waals surface area contributed by atoms with Crippen LogP contribution in [-0.2, 0) is 0 Å². The summed E-state index contributed by atoms with van der Waals surface area (Å²) in [7, 11) is 0. The molecule has 0 spiro atoms. The molecule has 3 nitrogen and oxygen atoms in total. The van der Waals surface area contributed by atoms with E-state index in [4.69, 9.17) is 5.26 Å². The number of nitrogens with zero attached hydrogens (tertiary/aromatic N) is 1. The molecule has 0 aliphatic rings. The summed E-state index contributed by atoms with van der Waals surface area (Å²) in [5, 5.41) is 11.5. The Morgan fingerprint density at radius 3 is 2.54 bits per heavy atom. The number of nitrogens with one attached hydrogen (secondary N) is 1. The third-order valence-corrected chi connectivity index (χ3v) is 1.62. The van der Waals surface area contributed by atoms with Crippen LogP contribution in [0.3, 0.4) is 0 Å². The van der Waals surface area contributed by atoms with E-state index in [0.717, 1.165) is 12.0 Å². The lowest BCUT2D eigenvalue weighted by Crippen LogP contribution is -2.11. The predicted octanol–water partition coefficient (Wildman–Crippen LogP) is 1.82. The number of anilines is 1. The van der Waals surface area contributed by atoms with E-state index in [1.54, 1.807) is 31.2 Å².